The second kappa shape index (κ2) is 20.6. The summed E-state index contributed by atoms with van der Waals surface area (Å²) in [5, 5.41) is 25.4. The number of anilines is 2. The highest BCUT2D eigenvalue weighted by molar-refractivity contribution is 5.99. The monoisotopic (exact) mass is 986 g/mol. The van der Waals surface area contributed by atoms with E-state index >= 15 is 0 Å². The summed E-state index contributed by atoms with van der Waals surface area (Å²) < 4.78 is 98.4. The second-order valence-corrected chi connectivity index (χ2v) is 17.9. The molecular weight excluding hydrogens is 938 g/mol. The number of ketones is 2. The average Bonchev–Trinajstić information content (AvgIpc) is 4.23. The molecule has 1 atom stereocenters. The van der Waals surface area contributed by atoms with Gasteiger partial charge < -0.3 is 20.5 Å². The number of rotatable bonds is 18. The van der Waals surface area contributed by atoms with Gasteiger partial charge in [0.15, 0.2) is 40.7 Å². The third-order valence-corrected chi connectivity index (χ3v) is 12.3. The van der Waals surface area contributed by atoms with E-state index in [4.69, 9.17) is 4.74 Å². The molecule has 0 saturated heterocycles. The summed E-state index contributed by atoms with van der Waals surface area (Å²) in [6.45, 7) is 2.93. The summed E-state index contributed by atoms with van der Waals surface area (Å²) in [5.41, 5.74) is 6.68. The van der Waals surface area contributed by atoms with Crippen LogP contribution in [0.2, 0.25) is 0 Å². The van der Waals surface area contributed by atoms with Crippen LogP contribution in [-0.2, 0) is 0 Å². The zero-order chi connectivity index (χ0) is 50.8. The number of methoxy groups -OCH3 is 1. The van der Waals surface area contributed by atoms with Crippen molar-refractivity contribution in [2.45, 2.75) is 83.7 Å². The third-order valence-electron chi connectivity index (χ3n) is 12.3. The number of halogens is 7. The summed E-state index contributed by atoms with van der Waals surface area (Å²) in [6.07, 6.45) is -3.17. The largest absolute Gasteiger partial charge is 0.493 e. The first-order chi connectivity index (χ1) is 33.8. The zero-order valence-electron chi connectivity index (χ0n) is 38.8. The lowest BCUT2D eigenvalue weighted by Gasteiger charge is -2.17. The number of nitrogens with zero attached hydrogens (tertiary/aromatic N) is 6. The van der Waals surface area contributed by atoms with Crippen molar-refractivity contribution < 1.29 is 55.0 Å². The minimum Gasteiger partial charge on any atom is -0.493 e. The summed E-state index contributed by atoms with van der Waals surface area (Å²) in [6, 6.07) is 17.6. The van der Waals surface area contributed by atoms with Gasteiger partial charge in [0.2, 0.25) is 0 Å². The fourth-order valence-corrected chi connectivity index (χ4v) is 8.27. The molecule has 3 N–H and O–H groups in total. The van der Waals surface area contributed by atoms with Gasteiger partial charge in [-0.1, -0.05) is 36.4 Å². The van der Waals surface area contributed by atoms with Gasteiger partial charge in [-0.2, -0.15) is 36.5 Å². The molecule has 2 saturated carbocycles. The van der Waals surface area contributed by atoms with Gasteiger partial charge >= 0.3 is 12.4 Å². The number of aldehydes is 1. The maximum Gasteiger partial charge on any atom is 0.390 e. The van der Waals surface area contributed by atoms with Crippen LogP contribution in [-0.4, -0.2) is 84.7 Å². The molecule has 4 heterocycles. The number of hydrogen-bond acceptors (Lipinski definition) is 11. The Bertz CT molecular complexity index is 3120. The van der Waals surface area contributed by atoms with Crippen LogP contribution in [0, 0.1) is 31.5 Å². The van der Waals surface area contributed by atoms with Crippen LogP contribution in [0.1, 0.15) is 111 Å². The van der Waals surface area contributed by atoms with Gasteiger partial charge in [0.1, 0.15) is 11.8 Å². The Labute approximate surface area is 402 Å². The number of fused-ring (bicyclic) bond motifs is 2. The lowest BCUT2D eigenvalue weighted by molar-refractivity contribution is -0.132. The molecule has 0 spiro atoms. The molecule has 71 heavy (non-hydrogen) atoms. The lowest BCUT2D eigenvalue weighted by atomic mass is 9.98. The van der Waals surface area contributed by atoms with Crippen molar-refractivity contribution in [2.24, 2.45) is 11.8 Å². The number of Topliss-reactive ketones (excluding diaryl/α,β-unsaturated/α-hetero) is 2. The predicted molar refractivity (Wildman–Crippen MR) is 250 cm³/mol. The number of hydrogen-bond donors (Lipinski definition) is 3. The minimum absolute atomic E-state index is 0.0399. The topological polar surface area (TPSA) is 165 Å². The van der Waals surface area contributed by atoms with Gasteiger partial charge in [0, 0.05) is 53.7 Å². The Hall–Kier alpha value is -7.22. The van der Waals surface area contributed by atoms with Crippen molar-refractivity contribution in [1.82, 2.24) is 29.2 Å². The molecule has 20 heteroatoms. The second-order valence-electron chi connectivity index (χ2n) is 17.9. The van der Waals surface area contributed by atoms with Crippen LogP contribution < -0.4 is 15.4 Å². The normalized spacial score (nSPS) is 14.2. The number of aromatic nitrogens is 6. The number of carbonyl (C=O) groups is 3. The zero-order valence-corrected chi connectivity index (χ0v) is 38.8. The van der Waals surface area contributed by atoms with Crippen LogP contribution in [0.5, 0.6) is 5.75 Å². The molecule has 13 nitrogen and oxygen atoms in total. The third kappa shape index (κ3) is 12.0. The SMILES string of the molecule is COc1c(F)cccc1C(O)c1cc(NCCC(F)(F)F)c2ncc(-c3ccc(C(=O)CC4CC4)c(C)c3)n2n1.Cc1cc(-c2cnc3c(NCCC(F)(F)F)cc(C=O)nn23)ccc1C(=O)CC1CC1. The van der Waals surface area contributed by atoms with E-state index in [1.807, 2.05) is 26.0 Å². The standard InChI is InChI=1S/C29H28F4N4O3.C22H21F3N4O2/c1-16-12-18(8-9-19(16)25(38)13-17-6-7-17)24-15-35-28-23(34-11-10-29(31,32)33)14-22(36-37(24)28)26(39)20-4-3-5-21(30)27(20)40-2;1-13-8-15(4-5-17(13)20(31)9-14-2-3-14)19-11-27-21-18(26-7-6-22(23,24)25)10-16(12-30)28-29(19)21/h3-5,8-9,12,14-15,17,26,34,39H,6-7,10-11,13H2,1-2H3;4-5,8,10-12,14,26H,2-3,6-7,9H2,1H3. The molecule has 3 aromatic carbocycles. The summed E-state index contributed by atoms with van der Waals surface area (Å²) in [5.74, 6) is 0.324. The maximum atomic E-state index is 14.4. The molecule has 0 bridgehead atoms. The van der Waals surface area contributed by atoms with E-state index in [0.29, 0.717) is 70.4 Å². The number of aliphatic hydroxyl groups is 1. The van der Waals surface area contributed by atoms with Crippen molar-refractivity contribution in [3.05, 3.63) is 124 Å². The molecule has 2 fully saturated rings. The van der Waals surface area contributed by atoms with E-state index < -0.39 is 43.7 Å². The van der Waals surface area contributed by atoms with E-state index in [1.165, 1.54) is 52.7 Å². The summed E-state index contributed by atoms with van der Waals surface area (Å²) in [4.78, 5) is 45.2. The smallest absolute Gasteiger partial charge is 0.390 e. The van der Waals surface area contributed by atoms with Gasteiger partial charge in [-0.3, -0.25) is 14.4 Å². The van der Waals surface area contributed by atoms with Crippen molar-refractivity contribution in [1.29, 1.82) is 0 Å². The molecule has 2 aliphatic carbocycles. The maximum absolute atomic E-state index is 14.4. The van der Waals surface area contributed by atoms with E-state index in [0.717, 1.165) is 42.4 Å². The molecule has 0 aliphatic heterocycles. The summed E-state index contributed by atoms with van der Waals surface area (Å²) in [7, 11) is 1.27. The Morgan fingerprint density at radius 1 is 0.746 bits per heavy atom. The van der Waals surface area contributed by atoms with Gasteiger partial charge in [-0.15, -0.1) is 0 Å². The lowest BCUT2D eigenvalue weighted by Crippen LogP contribution is -2.16. The first kappa shape index (κ1) is 50.2. The molecular formula is C51H49F7N8O5. The first-order valence-corrected chi connectivity index (χ1v) is 22.9. The van der Waals surface area contributed by atoms with Crippen LogP contribution in [0.15, 0.2) is 79.1 Å². The number of aryl methyl sites for hydroxylation is 2. The quantitative estimate of drug-likeness (QED) is 0.0426. The molecule has 1 unspecified atom stereocenters. The van der Waals surface area contributed by atoms with Crippen molar-refractivity contribution in [3.63, 3.8) is 0 Å². The summed E-state index contributed by atoms with van der Waals surface area (Å²) >= 11 is 0. The highest BCUT2D eigenvalue weighted by Crippen LogP contribution is 2.37. The Kier molecular flexibility index (Phi) is 14.6. The average molecular weight is 987 g/mol. The van der Waals surface area contributed by atoms with Gasteiger partial charge in [0.25, 0.3) is 0 Å². The molecule has 7 aromatic rings. The number of carbonyl (C=O) groups excluding carboxylic acids is 3. The van der Waals surface area contributed by atoms with Crippen molar-refractivity contribution in [3.8, 4) is 28.3 Å². The van der Waals surface area contributed by atoms with E-state index in [-0.39, 0.29) is 52.1 Å². The predicted octanol–water partition coefficient (Wildman–Crippen LogP) is 11.1. The molecule has 0 amide bonds. The van der Waals surface area contributed by atoms with E-state index in [1.54, 1.807) is 30.5 Å². The number of alkyl halides is 6. The van der Waals surface area contributed by atoms with Crippen LogP contribution in [0.4, 0.5) is 42.1 Å². The highest BCUT2D eigenvalue weighted by Gasteiger charge is 2.30. The van der Waals surface area contributed by atoms with Crippen LogP contribution in [0.25, 0.3) is 33.8 Å². The Morgan fingerprint density at radius 2 is 1.24 bits per heavy atom. The van der Waals surface area contributed by atoms with Gasteiger partial charge in [-0.05, 0) is 92.8 Å². The number of imidazole rings is 2. The highest BCUT2D eigenvalue weighted by atomic mass is 19.4. The minimum atomic E-state index is -4.37. The number of para-hydroxylation sites is 1. The van der Waals surface area contributed by atoms with Crippen LogP contribution in [0.3, 0.4) is 0 Å². The van der Waals surface area contributed by atoms with Crippen LogP contribution >= 0.6 is 0 Å². The molecule has 2 aliphatic rings. The Balaban J connectivity index is 0.000000197. The number of nitrogens with one attached hydrogen (secondary N) is 2. The fraction of sp³-hybridized carbons (Fsp3) is 0.353. The fourth-order valence-electron chi connectivity index (χ4n) is 8.27. The molecule has 9 rings (SSSR count). The van der Waals surface area contributed by atoms with E-state index in [9.17, 15) is 50.2 Å². The van der Waals surface area contributed by atoms with Gasteiger partial charge in [-0.25, -0.2) is 23.4 Å². The molecule has 4 aromatic heterocycles. The van der Waals surface area contributed by atoms with Crippen molar-refractivity contribution in [2.75, 3.05) is 30.8 Å². The molecule has 0 radical (unpaired) electrons. The number of aliphatic hydroxyl groups excluding tert-OH is 1. The van der Waals surface area contributed by atoms with Crippen molar-refractivity contribution >= 4 is 40.5 Å². The van der Waals surface area contributed by atoms with Gasteiger partial charge in [0.05, 0.1) is 60.8 Å². The number of benzene rings is 3. The molecule has 372 valence electrons. The Morgan fingerprint density at radius 3 is 1.69 bits per heavy atom. The first-order valence-electron chi connectivity index (χ1n) is 22.9. The number of ether oxygens (including phenoxy) is 1. The van der Waals surface area contributed by atoms with E-state index in [2.05, 4.69) is 30.8 Å².